The molecular formula is C23H18F2N4O3. The summed E-state index contributed by atoms with van der Waals surface area (Å²) in [6, 6.07) is 10.9. The van der Waals surface area contributed by atoms with Crippen molar-refractivity contribution in [3.05, 3.63) is 94.1 Å². The summed E-state index contributed by atoms with van der Waals surface area (Å²) in [6.07, 6.45) is 2.80. The van der Waals surface area contributed by atoms with Gasteiger partial charge in [-0.15, -0.1) is 0 Å². The number of halogens is 2. The average molecular weight is 436 g/mol. The minimum atomic E-state index is -0.688. The highest BCUT2D eigenvalue weighted by Crippen LogP contribution is 2.33. The van der Waals surface area contributed by atoms with Crippen LogP contribution in [0.15, 0.2) is 71.3 Å². The second-order valence-corrected chi connectivity index (χ2v) is 7.35. The lowest BCUT2D eigenvalue weighted by atomic mass is 9.85. The van der Waals surface area contributed by atoms with Gasteiger partial charge >= 0.3 is 0 Å². The normalized spacial score (nSPS) is 16.0. The third kappa shape index (κ3) is 4.18. The van der Waals surface area contributed by atoms with Crippen LogP contribution in [-0.2, 0) is 9.59 Å². The number of carbonyl (C=O) groups excluding carboxylic acids is 2. The van der Waals surface area contributed by atoms with E-state index in [1.54, 1.807) is 0 Å². The molecule has 0 saturated carbocycles. The maximum absolute atomic E-state index is 14.5. The number of amides is 2. The van der Waals surface area contributed by atoms with Gasteiger partial charge in [-0.1, -0.05) is 18.2 Å². The van der Waals surface area contributed by atoms with Crippen molar-refractivity contribution in [1.29, 1.82) is 0 Å². The monoisotopic (exact) mass is 436 g/mol. The van der Waals surface area contributed by atoms with Crippen molar-refractivity contribution in [3.63, 3.8) is 0 Å². The van der Waals surface area contributed by atoms with Crippen LogP contribution in [0.3, 0.4) is 0 Å². The number of hydrogen-bond acceptors (Lipinski definition) is 4. The van der Waals surface area contributed by atoms with E-state index in [1.807, 2.05) is 0 Å². The number of nitrogens with zero attached hydrogens (tertiary/aromatic N) is 2. The van der Waals surface area contributed by atoms with Crippen molar-refractivity contribution in [2.24, 2.45) is 0 Å². The zero-order chi connectivity index (χ0) is 22.8. The van der Waals surface area contributed by atoms with E-state index in [-0.39, 0.29) is 29.2 Å². The van der Waals surface area contributed by atoms with Crippen LogP contribution in [0.1, 0.15) is 17.9 Å². The minimum absolute atomic E-state index is 0.0102. The van der Waals surface area contributed by atoms with Gasteiger partial charge in [0.25, 0.3) is 11.5 Å². The molecule has 162 valence electrons. The highest BCUT2D eigenvalue weighted by molar-refractivity contribution is 6.06. The summed E-state index contributed by atoms with van der Waals surface area (Å²) in [6.45, 7) is 0. The average Bonchev–Trinajstić information content (AvgIpc) is 2.78. The number of aromatic amines is 1. The molecule has 7 nitrogen and oxygen atoms in total. The van der Waals surface area contributed by atoms with Crippen molar-refractivity contribution in [2.45, 2.75) is 12.3 Å². The molecule has 2 heterocycles. The largest absolute Gasteiger partial charge is 0.322 e. The summed E-state index contributed by atoms with van der Waals surface area (Å²) in [5.74, 6) is -2.56. The number of benzene rings is 2. The number of hydrogen-bond donors (Lipinski definition) is 2. The van der Waals surface area contributed by atoms with Gasteiger partial charge in [-0.05, 0) is 41.5 Å². The number of carbonyl (C=O) groups is 2. The minimum Gasteiger partial charge on any atom is -0.322 e. The Morgan fingerprint density at radius 3 is 2.59 bits per heavy atom. The molecule has 0 radical (unpaired) electrons. The van der Waals surface area contributed by atoms with Gasteiger partial charge < -0.3 is 10.2 Å². The number of aromatic nitrogens is 2. The van der Waals surface area contributed by atoms with Crippen molar-refractivity contribution in [1.82, 2.24) is 15.1 Å². The molecule has 1 aliphatic heterocycles. The fourth-order valence-corrected chi connectivity index (χ4v) is 3.56. The molecule has 0 saturated heterocycles. The van der Waals surface area contributed by atoms with Crippen molar-refractivity contribution < 1.29 is 18.4 Å². The number of rotatable bonds is 4. The lowest BCUT2D eigenvalue weighted by Gasteiger charge is -2.28. The Kier molecular flexibility index (Phi) is 5.63. The van der Waals surface area contributed by atoms with Gasteiger partial charge in [-0.3, -0.25) is 14.4 Å². The van der Waals surface area contributed by atoms with Crippen molar-refractivity contribution in [3.8, 4) is 11.1 Å². The summed E-state index contributed by atoms with van der Waals surface area (Å²) >= 11 is 0. The Labute approximate surface area is 181 Å². The Hall–Kier alpha value is -4.14. The van der Waals surface area contributed by atoms with Crippen LogP contribution in [0.2, 0.25) is 0 Å². The van der Waals surface area contributed by atoms with Gasteiger partial charge in [0, 0.05) is 37.4 Å². The molecule has 0 bridgehead atoms. The molecule has 4 rings (SSSR count). The van der Waals surface area contributed by atoms with Crippen molar-refractivity contribution in [2.75, 3.05) is 12.4 Å². The van der Waals surface area contributed by atoms with E-state index in [0.29, 0.717) is 11.1 Å². The summed E-state index contributed by atoms with van der Waals surface area (Å²) in [4.78, 5) is 38.6. The van der Waals surface area contributed by atoms with Gasteiger partial charge in [0.15, 0.2) is 0 Å². The molecule has 0 aliphatic carbocycles. The van der Waals surface area contributed by atoms with Crippen LogP contribution in [0.25, 0.3) is 11.1 Å². The summed E-state index contributed by atoms with van der Waals surface area (Å²) in [5.41, 5.74) is 0.897. The zero-order valence-corrected chi connectivity index (χ0v) is 16.9. The molecule has 1 atom stereocenters. The van der Waals surface area contributed by atoms with Gasteiger partial charge in [0.1, 0.15) is 11.6 Å². The van der Waals surface area contributed by atoms with E-state index >= 15 is 0 Å². The van der Waals surface area contributed by atoms with Crippen LogP contribution in [0.4, 0.5) is 14.5 Å². The highest BCUT2D eigenvalue weighted by atomic mass is 19.1. The fraction of sp³-hybridized carbons (Fsp3) is 0.130. The predicted octanol–water partition coefficient (Wildman–Crippen LogP) is 3.18. The zero-order valence-electron chi connectivity index (χ0n) is 16.9. The third-order valence-corrected chi connectivity index (χ3v) is 5.27. The van der Waals surface area contributed by atoms with Crippen molar-refractivity contribution >= 4 is 17.5 Å². The molecule has 3 aromatic rings. The summed E-state index contributed by atoms with van der Waals surface area (Å²) in [5, 5.41) is 8.47. The topological polar surface area (TPSA) is 95.2 Å². The quantitative estimate of drug-likeness (QED) is 0.657. The number of nitrogens with one attached hydrogen (secondary N) is 2. The molecule has 1 unspecified atom stereocenters. The molecule has 1 aromatic heterocycles. The van der Waals surface area contributed by atoms with Crippen LogP contribution >= 0.6 is 0 Å². The smallest absolute Gasteiger partial charge is 0.272 e. The predicted molar refractivity (Wildman–Crippen MR) is 113 cm³/mol. The highest BCUT2D eigenvalue weighted by Gasteiger charge is 2.31. The lowest BCUT2D eigenvalue weighted by molar-refractivity contribution is -0.128. The van der Waals surface area contributed by atoms with Crippen LogP contribution in [0, 0.1) is 11.6 Å². The maximum atomic E-state index is 14.5. The first-order valence-corrected chi connectivity index (χ1v) is 9.71. The molecule has 0 fully saturated rings. The molecule has 2 N–H and O–H groups in total. The first kappa shape index (κ1) is 21.1. The Morgan fingerprint density at radius 2 is 1.88 bits per heavy atom. The van der Waals surface area contributed by atoms with E-state index in [2.05, 4.69) is 15.5 Å². The molecule has 0 spiro atoms. The van der Waals surface area contributed by atoms with Gasteiger partial charge in [0.05, 0.1) is 11.3 Å². The molecule has 2 amide bonds. The fourth-order valence-electron chi connectivity index (χ4n) is 3.56. The van der Waals surface area contributed by atoms with Crippen LogP contribution in [-0.4, -0.2) is 34.0 Å². The van der Waals surface area contributed by atoms with E-state index < -0.39 is 29.0 Å². The third-order valence-electron chi connectivity index (χ3n) is 5.27. The Bertz CT molecular complexity index is 1280. The Balaban J connectivity index is 1.67. The first-order valence-electron chi connectivity index (χ1n) is 9.71. The molecule has 2 aromatic carbocycles. The SMILES string of the molecule is CN1C=C(C(=O)Nc2cc(-c3ccn[nH]c3=O)ccc2F)C(c2ccc(F)cc2)CC1=O. The first-order chi connectivity index (χ1) is 15.3. The number of H-pyrrole nitrogens is 1. The van der Waals surface area contributed by atoms with E-state index in [4.69, 9.17) is 0 Å². The maximum Gasteiger partial charge on any atom is 0.272 e. The molecule has 1 aliphatic rings. The molecule has 9 heteroatoms. The molecular weight excluding hydrogens is 418 g/mol. The van der Waals surface area contributed by atoms with Crippen LogP contribution in [0.5, 0.6) is 0 Å². The Morgan fingerprint density at radius 1 is 1.12 bits per heavy atom. The van der Waals surface area contributed by atoms with Gasteiger partial charge in [0.2, 0.25) is 5.91 Å². The molecule has 32 heavy (non-hydrogen) atoms. The van der Waals surface area contributed by atoms with E-state index in [9.17, 15) is 23.2 Å². The van der Waals surface area contributed by atoms with E-state index in [1.165, 1.54) is 66.8 Å². The second-order valence-electron chi connectivity index (χ2n) is 7.35. The lowest BCUT2D eigenvalue weighted by Crippen LogP contribution is -2.33. The van der Waals surface area contributed by atoms with Crippen LogP contribution < -0.4 is 10.9 Å². The second kappa shape index (κ2) is 8.54. The van der Waals surface area contributed by atoms with Gasteiger partial charge in [-0.25, -0.2) is 13.9 Å². The summed E-state index contributed by atoms with van der Waals surface area (Å²) < 4.78 is 27.8. The standard InChI is InChI=1S/C23H18F2N4O3/c1-29-12-18(17(11-21(29)30)13-2-5-15(24)6-3-13)22(31)27-20-10-14(4-7-19(20)25)16-8-9-26-28-23(16)32/h2-10,12,17H,11H2,1H3,(H,27,31)(H,28,32). The van der Waals surface area contributed by atoms with Gasteiger partial charge in [-0.2, -0.15) is 5.10 Å². The summed E-state index contributed by atoms with van der Waals surface area (Å²) in [7, 11) is 1.52. The van der Waals surface area contributed by atoms with E-state index in [0.717, 1.165) is 6.07 Å². The number of anilines is 1.